The van der Waals surface area contributed by atoms with Crippen molar-refractivity contribution in [2.45, 2.75) is 290 Å². The Kier molecular flexibility index (Phi) is 47.3. The highest BCUT2D eigenvalue weighted by molar-refractivity contribution is 8.55. The minimum absolute atomic E-state index is 0.583. The topological polar surface area (TPSA) is 35.5 Å². The average Bonchev–Trinajstić information content (AvgIpc) is 3.16. The summed E-state index contributed by atoms with van der Waals surface area (Å²) in [6.45, 7) is 4.99. The Morgan fingerprint density at radius 3 is 0.698 bits per heavy atom. The van der Waals surface area contributed by atoms with Crippen molar-refractivity contribution in [2.24, 2.45) is 0 Å². The minimum atomic E-state index is -3.06. The molecule has 0 atom stereocenters. The maximum Gasteiger partial charge on any atom is 0.389 e. The van der Waals surface area contributed by atoms with Gasteiger partial charge in [0.25, 0.3) is 0 Å². The summed E-state index contributed by atoms with van der Waals surface area (Å²) < 4.78 is 25.9. The highest BCUT2D eigenvalue weighted by Crippen LogP contribution is 2.61. The van der Waals surface area contributed by atoms with E-state index in [1.807, 2.05) is 0 Å². The van der Waals surface area contributed by atoms with E-state index in [0.717, 1.165) is 25.0 Å². The van der Waals surface area contributed by atoms with E-state index < -0.39 is 6.80 Å². The molecule has 0 unspecified atom stereocenters. The van der Waals surface area contributed by atoms with E-state index in [2.05, 4.69) is 20.8 Å². The van der Waals surface area contributed by atoms with Gasteiger partial charge in [0.2, 0.25) is 0 Å². The van der Waals surface area contributed by atoms with E-state index in [1.54, 1.807) is 0 Å². The van der Waals surface area contributed by atoms with Crippen LogP contribution in [0.2, 0.25) is 0 Å². The van der Waals surface area contributed by atoms with Gasteiger partial charge in [-0.25, -0.2) is 4.57 Å². The largest absolute Gasteiger partial charge is 0.389 e. The third-order valence-electron chi connectivity index (χ3n) is 11.2. The first kappa shape index (κ1) is 53.5. The summed E-state index contributed by atoms with van der Waals surface area (Å²) >= 11 is 1.49. The van der Waals surface area contributed by atoms with Gasteiger partial charge in [-0.15, -0.1) is 0 Å². The Hall–Kier alpha value is 0.500. The first-order valence-electron chi connectivity index (χ1n) is 24.7. The fraction of sp³-hybridized carbons (Fsp3) is 1.00. The fourth-order valence-corrected chi connectivity index (χ4v) is 11.0. The maximum atomic E-state index is 13.7. The second kappa shape index (κ2) is 46.9. The van der Waals surface area contributed by atoms with Crippen molar-refractivity contribution in [3.05, 3.63) is 0 Å². The number of hydrogen-bond donors (Lipinski definition) is 0. The van der Waals surface area contributed by atoms with Crippen LogP contribution in [0.1, 0.15) is 290 Å². The first-order chi connectivity index (χ1) is 26.2. The average molecular weight is 787 g/mol. The molecule has 0 spiro atoms. The lowest BCUT2D eigenvalue weighted by atomic mass is 10.0. The van der Waals surface area contributed by atoms with Gasteiger partial charge in [-0.2, -0.15) is 0 Å². The molecular weight excluding hydrogens is 688 g/mol. The summed E-state index contributed by atoms with van der Waals surface area (Å²) in [6, 6.07) is 0. The van der Waals surface area contributed by atoms with E-state index in [9.17, 15) is 4.57 Å². The van der Waals surface area contributed by atoms with Gasteiger partial charge in [0.05, 0.1) is 13.2 Å². The van der Waals surface area contributed by atoms with Crippen LogP contribution >= 0.6 is 18.2 Å². The fourth-order valence-electron chi connectivity index (χ4n) is 7.53. The van der Waals surface area contributed by atoms with Gasteiger partial charge in [0.1, 0.15) is 0 Å². The van der Waals surface area contributed by atoms with E-state index in [4.69, 9.17) is 9.05 Å². The molecule has 0 aliphatic heterocycles. The normalized spacial score (nSPS) is 12.0. The zero-order chi connectivity index (χ0) is 38.4. The molecule has 3 nitrogen and oxygen atoms in total. The van der Waals surface area contributed by atoms with Crippen molar-refractivity contribution in [1.82, 2.24) is 0 Å². The molecule has 5 heteroatoms. The number of unbranched alkanes of at least 4 members (excludes halogenated alkanes) is 39. The van der Waals surface area contributed by atoms with Gasteiger partial charge < -0.3 is 9.05 Å². The molecule has 53 heavy (non-hydrogen) atoms. The summed E-state index contributed by atoms with van der Waals surface area (Å²) in [6.07, 6.45) is 56.9. The molecule has 0 heterocycles. The van der Waals surface area contributed by atoms with Gasteiger partial charge in [0.15, 0.2) is 0 Å². The summed E-state index contributed by atoms with van der Waals surface area (Å²) in [5, 5.41) is 0. The molecular formula is C48H99O3PS. The lowest BCUT2D eigenvalue weighted by Gasteiger charge is -2.18. The lowest BCUT2D eigenvalue weighted by molar-refractivity contribution is 0.212. The van der Waals surface area contributed by atoms with Crippen molar-refractivity contribution in [2.75, 3.05) is 19.0 Å². The van der Waals surface area contributed by atoms with E-state index in [1.165, 1.54) is 262 Å². The molecule has 0 aromatic heterocycles. The van der Waals surface area contributed by atoms with Gasteiger partial charge in [-0.05, 0) is 30.6 Å². The molecule has 0 rings (SSSR count). The molecule has 0 aromatic rings. The van der Waals surface area contributed by atoms with Crippen LogP contribution < -0.4 is 0 Å². The van der Waals surface area contributed by atoms with Crippen molar-refractivity contribution >= 4 is 18.2 Å². The monoisotopic (exact) mass is 787 g/mol. The minimum Gasteiger partial charge on any atom is -0.301 e. The Morgan fingerprint density at radius 1 is 0.283 bits per heavy atom. The van der Waals surface area contributed by atoms with Crippen LogP contribution in [-0.4, -0.2) is 19.0 Å². The zero-order valence-corrected chi connectivity index (χ0v) is 38.6. The highest BCUT2D eigenvalue weighted by atomic mass is 32.7. The smallest absolute Gasteiger partial charge is 0.301 e. The second-order valence-corrected chi connectivity index (χ2v) is 20.9. The van der Waals surface area contributed by atoms with E-state index in [-0.39, 0.29) is 0 Å². The molecule has 0 bridgehead atoms. The van der Waals surface area contributed by atoms with Crippen LogP contribution in [0.4, 0.5) is 0 Å². The van der Waals surface area contributed by atoms with E-state index in [0.29, 0.717) is 13.2 Å². The standard InChI is InChI=1S/C48H99O3PS/c1-4-7-10-13-16-19-22-25-28-31-34-37-40-43-46-50-52(49,51-47-44-41-38-35-32-29-26-23-20-17-14-11-8-5-2)53-48-45-42-39-36-33-30-27-24-21-18-15-12-9-6-3/h4-48H2,1-3H3. The molecule has 0 saturated heterocycles. The third-order valence-corrected chi connectivity index (χ3v) is 15.2. The van der Waals surface area contributed by atoms with Gasteiger partial charge >= 0.3 is 6.80 Å². The van der Waals surface area contributed by atoms with Crippen molar-refractivity contribution in [3.8, 4) is 0 Å². The maximum absolute atomic E-state index is 13.7. The molecule has 320 valence electrons. The number of hydrogen-bond acceptors (Lipinski definition) is 4. The zero-order valence-electron chi connectivity index (χ0n) is 36.9. The van der Waals surface area contributed by atoms with E-state index >= 15 is 0 Å². The Morgan fingerprint density at radius 2 is 0.472 bits per heavy atom. The molecule has 0 amide bonds. The summed E-state index contributed by atoms with van der Waals surface area (Å²) in [4.78, 5) is 0. The Bertz CT molecular complexity index is 614. The second-order valence-electron chi connectivity index (χ2n) is 16.7. The van der Waals surface area contributed by atoms with Gasteiger partial charge in [-0.1, -0.05) is 271 Å². The van der Waals surface area contributed by atoms with Gasteiger partial charge in [0, 0.05) is 5.75 Å². The van der Waals surface area contributed by atoms with Crippen LogP contribution in [-0.2, 0) is 13.6 Å². The molecule has 0 N–H and O–H groups in total. The number of rotatable bonds is 48. The summed E-state index contributed by atoms with van der Waals surface area (Å²) in [5.41, 5.74) is 0. The molecule has 0 fully saturated rings. The lowest BCUT2D eigenvalue weighted by Crippen LogP contribution is -1.99. The molecule has 0 aliphatic carbocycles. The quantitative estimate of drug-likeness (QED) is 0.0455. The Balaban J connectivity index is 4.08. The van der Waals surface area contributed by atoms with Crippen LogP contribution in [0, 0.1) is 0 Å². The molecule has 0 saturated carbocycles. The predicted molar refractivity (Wildman–Crippen MR) is 243 cm³/mol. The molecule has 0 aromatic carbocycles. The van der Waals surface area contributed by atoms with Gasteiger partial charge in [-0.3, -0.25) is 0 Å². The van der Waals surface area contributed by atoms with Crippen LogP contribution in [0.5, 0.6) is 0 Å². The van der Waals surface area contributed by atoms with Crippen LogP contribution in [0.3, 0.4) is 0 Å². The Labute approximate surface area is 339 Å². The summed E-state index contributed by atoms with van der Waals surface area (Å²) in [7, 11) is 0. The van der Waals surface area contributed by atoms with Crippen molar-refractivity contribution in [1.29, 1.82) is 0 Å². The third kappa shape index (κ3) is 45.1. The highest BCUT2D eigenvalue weighted by Gasteiger charge is 2.25. The molecule has 0 aliphatic rings. The predicted octanol–water partition coefficient (Wildman–Crippen LogP) is 19.3. The summed E-state index contributed by atoms with van der Waals surface area (Å²) in [5.74, 6) is 0.896. The van der Waals surface area contributed by atoms with Crippen molar-refractivity contribution < 1.29 is 13.6 Å². The molecule has 0 radical (unpaired) electrons. The van der Waals surface area contributed by atoms with Crippen LogP contribution in [0.25, 0.3) is 0 Å². The SMILES string of the molecule is CCCCCCCCCCCCCCCCOP(=O)(OCCCCCCCCCCCCCCCC)SCCCCCCCCCCCCCCCC. The van der Waals surface area contributed by atoms with Crippen LogP contribution in [0.15, 0.2) is 0 Å². The first-order valence-corrected chi connectivity index (χ1v) is 27.9. The van der Waals surface area contributed by atoms with Crippen molar-refractivity contribution in [3.63, 3.8) is 0 Å².